The van der Waals surface area contributed by atoms with E-state index in [-0.39, 0.29) is 17.1 Å². The second-order valence-electron chi connectivity index (χ2n) is 9.78. The molecule has 202 valence electrons. The van der Waals surface area contributed by atoms with Gasteiger partial charge in [-0.15, -0.1) is 0 Å². The molecule has 1 aliphatic heterocycles. The van der Waals surface area contributed by atoms with Crippen LogP contribution in [-0.4, -0.2) is 59.1 Å². The SMILES string of the molecule is Cc1ccccc1C1CCN(C(=O)c2cnc3c(C(=O)NS(C)(=O)=O)cnn3c2NCc2ccccc2)CC1. The van der Waals surface area contributed by atoms with Crippen LogP contribution in [0.3, 0.4) is 0 Å². The zero-order valence-corrected chi connectivity index (χ0v) is 22.6. The summed E-state index contributed by atoms with van der Waals surface area (Å²) in [5, 5.41) is 7.60. The minimum absolute atomic E-state index is 0.0127. The highest BCUT2D eigenvalue weighted by atomic mass is 32.2. The molecule has 0 aliphatic carbocycles. The number of sulfonamides is 1. The second kappa shape index (κ2) is 10.9. The molecule has 2 aromatic heterocycles. The van der Waals surface area contributed by atoms with Gasteiger partial charge >= 0.3 is 0 Å². The Balaban J connectivity index is 1.44. The minimum Gasteiger partial charge on any atom is -0.365 e. The maximum atomic E-state index is 13.8. The number of hydrogen-bond acceptors (Lipinski definition) is 7. The lowest BCUT2D eigenvalue weighted by Crippen LogP contribution is -2.38. The molecule has 2 amide bonds. The fourth-order valence-electron chi connectivity index (χ4n) is 5.03. The fourth-order valence-corrected chi connectivity index (χ4v) is 5.48. The van der Waals surface area contributed by atoms with Crippen molar-refractivity contribution < 1.29 is 18.0 Å². The van der Waals surface area contributed by atoms with Crippen LogP contribution < -0.4 is 10.0 Å². The molecule has 0 radical (unpaired) electrons. The molecule has 0 bridgehead atoms. The molecule has 1 fully saturated rings. The summed E-state index contributed by atoms with van der Waals surface area (Å²) in [5.74, 6) is -0.242. The maximum Gasteiger partial charge on any atom is 0.270 e. The van der Waals surface area contributed by atoms with Crippen molar-refractivity contribution in [3.8, 4) is 0 Å². The average Bonchev–Trinajstić information content (AvgIpc) is 3.36. The molecule has 1 saturated heterocycles. The first-order valence-electron chi connectivity index (χ1n) is 12.7. The van der Waals surface area contributed by atoms with Gasteiger partial charge in [-0.25, -0.2) is 18.1 Å². The van der Waals surface area contributed by atoms with E-state index >= 15 is 0 Å². The number of carbonyl (C=O) groups excluding carboxylic acids is 2. The van der Waals surface area contributed by atoms with Crippen LogP contribution in [0, 0.1) is 6.92 Å². The van der Waals surface area contributed by atoms with Gasteiger partial charge in [-0.2, -0.15) is 9.61 Å². The van der Waals surface area contributed by atoms with Crippen molar-refractivity contribution in [3.05, 3.63) is 94.8 Å². The third-order valence-corrected chi connectivity index (χ3v) is 7.55. The number of carbonyl (C=O) groups is 2. The molecule has 2 aromatic carbocycles. The average molecular weight is 547 g/mol. The number of piperidine rings is 1. The highest BCUT2D eigenvalue weighted by Crippen LogP contribution is 2.31. The molecule has 1 aliphatic rings. The van der Waals surface area contributed by atoms with Gasteiger partial charge in [-0.05, 0) is 42.4 Å². The molecule has 39 heavy (non-hydrogen) atoms. The molecule has 11 heteroatoms. The summed E-state index contributed by atoms with van der Waals surface area (Å²) in [6.07, 6.45) is 5.29. The number of nitrogens with one attached hydrogen (secondary N) is 2. The lowest BCUT2D eigenvalue weighted by molar-refractivity contribution is 0.0712. The zero-order chi connectivity index (χ0) is 27.6. The van der Waals surface area contributed by atoms with Crippen molar-refractivity contribution in [1.82, 2.24) is 24.2 Å². The van der Waals surface area contributed by atoms with Crippen LogP contribution in [0.5, 0.6) is 0 Å². The normalized spacial score (nSPS) is 14.4. The van der Waals surface area contributed by atoms with Gasteiger partial charge in [0.05, 0.1) is 12.5 Å². The number of anilines is 1. The topological polar surface area (TPSA) is 126 Å². The summed E-state index contributed by atoms with van der Waals surface area (Å²) in [7, 11) is -3.78. The minimum atomic E-state index is -3.78. The molecular formula is C28H30N6O4S. The molecule has 0 spiro atoms. The monoisotopic (exact) mass is 546 g/mol. The lowest BCUT2D eigenvalue weighted by atomic mass is 9.87. The summed E-state index contributed by atoms with van der Waals surface area (Å²) in [6.45, 7) is 3.73. The van der Waals surface area contributed by atoms with E-state index in [1.165, 1.54) is 28.0 Å². The third kappa shape index (κ3) is 5.78. The van der Waals surface area contributed by atoms with Gasteiger partial charge in [0.25, 0.3) is 11.8 Å². The van der Waals surface area contributed by atoms with E-state index < -0.39 is 15.9 Å². The Kier molecular flexibility index (Phi) is 7.34. The highest BCUT2D eigenvalue weighted by molar-refractivity contribution is 7.89. The molecular weight excluding hydrogens is 516 g/mol. The Morgan fingerprint density at radius 2 is 1.67 bits per heavy atom. The van der Waals surface area contributed by atoms with Crippen molar-refractivity contribution >= 4 is 33.3 Å². The number of aromatic nitrogens is 3. The summed E-state index contributed by atoms with van der Waals surface area (Å²) < 4.78 is 26.5. The third-order valence-electron chi connectivity index (χ3n) is 6.99. The van der Waals surface area contributed by atoms with Crippen molar-refractivity contribution in [2.45, 2.75) is 32.2 Å². The number of fused-ring (bicyclic) bond motifs is 1. The van der Waals surface area contributed by atoms with Gasteiger partial charge in [-0.1, -0.05) is 54.6 Å². The highest BCUT2D eigenvalue weighted by Gasteiger charge is 2.29. The van der Waals surface area contributed by atoms with Gasteiger partial charge < -0.3 is 10.2 Å². The van der Waals surface area contributed by atoms with E-state index in [1.807, 2.05) is 46.0 Å². The van der Waals surface area contributed by atoms with E-state index in [0.717, 1.165) is 24.7 Å². The molecule has 3 heterocycles. The quantitative estimate of drug-likeness (QED) is 0.364. The van der Waals surface area contributed by atoms with Crippen molar-refractivity contribution in [2.24, 2.45) is 0 Å². The second-order valence-corrected chi connectivity index (χ2v) is 11.5. The Morgan fingerprint density at radius 1 is 0.974 bits per heavy atom. The van der Waals surface area contributed by atoms with Gasteiger partial charge in [0, 0.05) is 25.8 Å². The first-order valence-corrected chi connectivity index (χ1v) is 14.6. The van der Waals surface area contributed by atoms with E-state index in [4.69, 9.17) is 0 Å². The first kappa shape index (κ1) is 26.4. The van der Waals surface area contributed by atoms with Gasteiger partial charge in [0.1, 0.15) is 16.9 Å². The van der Waals surface area contributed by atoms with Gasteiger partial charge in [-0.3, -0.25) is 9.59 Å². The van der Waals surface area contributed by atoms with Crippen LogP contribution in [0.25, 0.3) is 5.65 Å². The molecule has 2 N–H and O–H groups in total. The Hall–Kier alpha value is -4.25. The van der Waals surface area contributed by atoms with Crippen molar-refractivity contribution in [2.75, 3.05) is 24.7 Å². The van der Waals surface area contributed by atoms with Crippen molar-refractivity contribution in [3.63, 3.8) is 0 Å². The number of hydrogen-bond donors (Lipinski definition) is 2. The summed E-state index contributed by atoms with van der Waals surface area (Å²) in [5.41, 5.74) is 4.03. The number of nitrogens with zero attached hydrogens (tertiary/aromatic N) is 4. The smallest absolute Gasteiger partial charge is 0.270 e. The van der Waals surface area contributed by atoms with Crippen molar-refractivity contribution in [1.29, 1.82) is 0 Å². The van der Waals surface area contributed by atoms with Crippen LogP contribution in [0.1, 0.15) is 56.2 Å². The number of rotatable bonds is 7. The standard InChI is InChI=1S/C28H30N6O4S/c1-19-8-6-7-11-22(19)21-12-14-33(15-13-21)28(36)24-17-30-25-23(27(35)32-39(2,37)38)18-31-34(25)26(24)29-16-20-9-4-3-5-10-20/h3-11,17-18,21,29H,12-16H2,1-2H3,(H,32,35). The molecule has 10 nitrogen and oxygen atoms in total. The number of aryl methyl sites for hydroxylation is 1. The summed E-state index contributed by atoms with van der Waals surface area (Å²) in [6, 6.07) is 18.0. The number of amides is 2. The van der Waals surface area contributed by atoms with Crippen LogP contribution in [-0.2, 0) is 16.6 Å². The maximum absolute atomic E-state index is 13.8. The fraction of sp³-hybridized carbons (Fsp3) is 0.286. The van der Waals surface area contributed by atoms with Gasteiger partial charge in [0.2, 0.25) is 10.0 Å². The van der Waals surface area contributed by atoms with Crippen LogP contribution in [0.15, 0.2) is 67.0 Å². The van der Waals surface area contributed by atoms with E-state index in [9.17, 15) is 18.0 Å². The van der Waals surface area contributed by atoms with E-state index in [0.29, 0.717) is 36.9 Å². The molecule has 0 saturated carbocycles. The van der Waals surface area contributed by atoms with Crippen LogP contribution in [0.4, 0.5) is 5.82 Å². The number of likely N-dealkylation sites (tertiary alicyclic amines) is 1. The molecule has 4 aromatic rings. The Morgan fingerprint density at radius 3 is 2.36 bits per heavy atom. The first-order chi connectivity index (χ1) is 18.7. The largest absolute Gasteiger partial charge is 0.365 e. The Labute approximate surface area is 227 Å². The zero-order valence-electron chi connectivity index (χ0n) is 21.8. The summed E-state index contributed by atoms with van der Waals surface area (Å²) >= 11 is 0. The lowest BCUT2D eigenvalue weighted by Gasteiger charge is -2.33. The summed E-state index contributed by atoms with van der Waals surface area (Å²) in [4.78, 5) is 32.5. The molecule has 0 unspecified atom stereocenters. The van der Waals surface area contributed by atoms with Gasteiger partial charge in [0.15, 0.2) is 5.65 Å². The Bertz CT molecular complexity index is 1630. The van der Waals surface area contributed by atoms with E-state index in [2.05, 4.69) is 40.5 Å². The molecule has 5 rings (SSSR count). The van der Waals surface area contributed by atoms with Crippen LogP contribution >= 0.6 is 0 Å². The predicted molar refractivity (Wildman–Crippen MR) is 148 cm³/mol. The molecule has 0 atom stereocenters. The van der Waals surface area contributed by atoms with Crippen LogP contribution in [0.2, 0.25) is 0 Å². The number of benzene rings is 2. The van der Waals surface area contributed by atoms with E-state index in [1.54, 1.807) is 0 Å². The predicted octanol–water partition coefficient (Wildman–Crippen LogP) is 3.36.